The zero-order chi connectivity index (χ0) is 20.6. The molecule has 0 aliphatic rings. The minimum Gasteiger partial charge on any atom is -0.493 e. The number of nitrogens with zero attached hydrogens (tertiary/aromatic N) is 3. The first-order valence-electron chi connectivity index (χ1n) is 9.80. The van der Waals surface area contributed by atoms with Crippen molar-refractivity contribution in [1.82, 2.24) is 15.0 Å². The van der Waals surface area contributed by atoms with Gasteiger partial charge in [-0.1, -0.05) is 50.3 Å². The van der Waals surface area contributed by atoms with E-state index in [-0.39, 0.29) is 5.91 Å². The first-order valence-corrected chi connectivity index (χ1v) is 9.80. The molecule has 1 heterocycles. The van der Waals surface area contributed by atoms with E-state index in [0.29, 0.717) is 18.2 Å². The molecule has 0 unspecified atom stereocenters. The van der Waals surface area contributed by atoms with Crippen molar-refractivity contribution in [3.63, 3.8) is 0 Å². The molecule has 0 saturated heterocycles. The number of rotatable bonds is 8. The van der Waals surface area contributed by atoms with Crippen LogP contribution in [0.15, 0.2) is 60.8 Å². The van der Waals surface area contributed by atoms with Gasteiger partial charge in [0.2, 0.25) is 5.91 Å². The number of hydrogen-bond donors (Lipinski definition) is 1. The highest BCUT2D eigenvalue weighted by Crippen LogP contribution is 2.21. The Morgan fingerprint density at radius 2 is 2.03 bits per heavy atom. The fourth-order valence-electron chi connectivity index (χ4n) is 2.86. The number of hydrogen-bond acceptors (Lipinski definition) is 4. The average Bonchev–Trinajstić information content (AvgIpc) is 3.22. The third-order valence-corrected chi connectivity index (χ3v) is 4.32. The first-order chi connectivity index (χ1) is 14.1. The molecule has 0 aliphatic heterocycles. The van der Waals surface area contributed by atoms with E-state index in [2.05, 4.69) is 36.4 Å². The van der Waals surface area contributed by atoms with Gasteiger partial charge in [-0.15, -0.1) is 5.10 Å². The number of anilines is 1. The van der Waals surface area contributed by atoms with Crippen LogP contribution in [0, 0.1) is 0 Å². The number of benzene rings is 2. The summed E-state index contributed by atoms with van der Waals surface area (Å²) in [7, 11) is 0. The van der Waals surface area contributed by atoms with Gasteiger partial charge >= 0.3 is 0 Å². The number of aromatic nitrogens is 3. The molecule has 0 fully saturated rings. The molecule has 29 heavy (non-hydrogen) atoms. The molecule has 0 radical (unpaired) electrons. The molecular weight excluding hydrogens is 364 g/mol. The van der Waals surface area contributed by atoms with Gasteiger partial charge in [0.1, 0.15) is 5.75 Å². The molecule has 0 atom stereocenters. The van der Waals surface area contributed by atoms with Gasteiger partial charge < -0.3 is 10.1 Å². The van der Waals surface area contributed by atoms with Crippen molar-refractivity contribution in [3.8, 4) is 11.4 Å². The maximum Gasteiger partial charge on any atom is 0.248 e. The fourth-order valence-corrected chi connectivity index (χ4v) is 2.86. The Bertz CT molecular complexity index is 992. The lowest BCUT2D eigenvalue weighted by atomic mass is 10.1. The molecule has 3 aromatic rings. The summed E-state index contributed by atoms with van der Waals surface area (Å²) >= 11 is 0. The highest BCUT2D eigenvalue weighted by molar-refractivity contribution is 6.02. The quantitative estimate of drug-likeness (QED) is 0.559. The summed E-state index contributed by atoms with van der Waals surface area (Å²) in [6, 6.07) is 15.2. The van der Waals surface area contributed by atoms with E-state index in [0.717, 1.165) is 29.1 Å². The van der Waals surface area contributed by atoms with Gasteiger partial charge in [0, 0.05) is 17.3 Å². The minimum absolute atomic E-state index is 0.213. The second-order valence-electron chi connectivity index (χ2n) is 6.98. The largest absolute Gasteiger partial charge is 0.493 e. The van der Waals surface area contributed by atoms with Crippen LogP contribution in [-0.4, -0.2) is 27.5 Å². The number of nitrogens with one attached hydrogen (secondary N) is 1. The van der Waals surface area contributed by atoms with E-state index in [4.69, 9.17) is 4.74 Å². The zero-order valence-electron chi connectivity index (χ0n) is 17.0. The third-order valence-electron chi connectivity index (χ3n) is 4.32. The Balaban J connectivity index is 1.72. The van der Waals surface area contributed by atoms with Crippen molar-refractivity contribution < 1.29 is 9.53 Å². The normalized spacial score (nSPS) is 11.2. The van der Waals surface area contributed by atoms with E-state index in [1.54, 1.807) is 17.0 Å². The predicted molar refractivity (Wildman–Crippen MR) is 115 cm³/mol. The summed E-state index contributed by atoms with van der Waals surface area (Å²) in [6.07, 6.45) is 5.96. The van der Waals surface area contributed by atoms with Crippen LogP contribution in [0.4, 0.5) is 5.69 Å². The Labute approximate surface area is 171 Å². The first kappa shape index (κ1) is 20.3. The highest BCUT2D eigenvalue weighted by Gasteiger charge is 2.10. The van der Waals surface area contributed by atoms with E-state index >= 15 is 0 Å². The van der Waals surface area contributed by atoms with E-state index < -0.39 is 0 Å². The molecule has 1 N–H and O–H groups in total. The van der Waals surface area contributed by atoms with Crippen LogP contribution in [0.5, 0.6) is 5.75 Å². The smallest absolute Gasteiger partial charge is 0.248 e. The standard InChI is InChI=1S/C23H26N4O2/c1-4-14-29-22-11-6-5-8-18(22)12-13-23(28)25-19-9-7-10-20(15-19)27-21(17(2)3)16-24-26-27/h5-13,15-17H,4,14H2,1-3H3,(H,25,28)/b13-12+. The summed E-state index contributed by atoms with van der Waals surface area (Å²) < 4.78 is 7.51. The lowest BCUT2D eigenvalue weighted by molar-refractivity contribution is -0.111. The highest BCUT2D eigenvalue weighted by atomic mass is 16.5. The molecule has 1 amide bonds. The van der Waals surface area contributed by atoms with Gasteiger partial charge in [0.15, 0.2) is 0 Å². The minimum atomic E-state index is -0.213. The molecule has 0 aliphatic carbocycles. The van der Waals surface area contributed by atoms with Gasteiger partial charge in [-0.2, -0.15) is 0 Å². The number of carbonyl (C=O) groups excluding carboxylic acids is 1. The molecule has 150 valence electrons. The van der Waals surface area contributed by atoms with Crippen LogP contribution in [0.2, 0.25) is 0 Å². The van der Waals surface area contributed by atoms with E-state index in [1.165, 1.54) is 6.08 Å². The molecule has 0 saturated carbocycles. The molecule has 2 aromatic carbocycles. The van der Waals surface area contributed by atoms with Crippen molar-refractivity contribution in [2.24, 2.45) is 0 Å². The Hall–Kier alpha value is -3.41. The maximum atomic E-state index is 12.4. The monoisotopic (exact) mass is 390 g/mol. The lowest BCUT2D eigenvalue weighted by Crippen LogP contribution is -2.09. The van der Waals surface area contributed by atoms with Crippen LogP contribution in [-0.2, 0) is 4.79 Å². The summed E-state index contributed by atoms with van der Waals surface area (Å²) in [4.78, 5) is 12.4. The second kappa shape index (κ2) is 9.68. The van der Waals surface area contributed by atoms with Crippen LogP contribution in [0.1, 0.15) is 44.4 Å². The summed E-state index contributed by atoms with van der Waals surface area (Å²) in [5.74, 6) is 0.851. The fraction of sp³-hybridized carbons (Fsp3) is 0.261. The van der Waals surface area contributed by atoms with E-state index in [1.807, 2.05) is 48.5 Å². The Morgan fingerprint density at radius 3 is 2.83 bits per heavy atom. The van der Waals surface area contributed by atoms with Crippen LogP contribution in [0.3, 0.4) is 0 Å². The molecule has 6 nitrogen and oxygen atoms in total. The SMILES string of the molecule is CCCOc1ccccc1/C=C/C(=O)Nc1cccc(-n2nncc2C(C)C)c1. The topological polar surface area (TPSA) is 69.0 Å². The van der Waals surface area contributed by atoms with Crippen molar-refractivity contribution in [3.05, 3.63) is 72.1 Å². The van der Waals surface area contributed by atoms with E-state index in [9.17, 15) is 4.79 Å². The number of amides is 1. The van der Waals surface area contributed by atoms with Crippen molar-refractivity contribution in [1.29, 1.82) is 0 Å². The van der Waals surface area contributed by atoms with Crippen molar-refractivity contribution in [2.45, 2.75) is 33.1 Å². The predicted octanol–water partition coefficient (Wildman–Crippen LogP) is 4.83. The number of para-hydroxylation sites is 1. The average molecular weight is 390 g/mol. The molecule has 0 bridgehead atoms. The lowest BCUT2D eigenvalue weighted by Gasteiger charge is -2.10. The summed E-state index contributed by atoms with van der Waals surface area (Å²) in [5.41, 5.74) is 3.43. The molecule has 1 aromatic heterocycles. The Morgan fingerprint density at radius 1 is 1.21 bits per heavy atom. The van der Waals surface area contributed by atoms with Crippen LogP contribution >= 0.6 is 0 Å². The van der Waals surface area contributed by atoms with Gasteiger partial charge in [-0.3, -0.25) is 4.79 Å². The van der Waals surface area contributed by atoms with Gasteiger partial charge in [-0.05, 0) is 42.7 Å². The van der Waals surface area contributed by atoms with Gasteiger partial charge in [-0.25, -0.2) is 4.68 Å². The molecule has 3 rings (SSSR count). The molecule has 0 spiro atoms. The zero-order valence-corrected chi connectivity index (χ0v) is 17.0. The van der Waals surface area contributed by atoms with Crippen molar-refractivity contribution >= 4 is 17.7 Å². The van der Waals surface area contributed by atoms with Crippen molar-refractivity contribution in [2.75, 3.05) is 11.9 Å². The number of carbonyl (C=O) groups is 1. The third kappa shape index (κ3) is 5.31. The second-order valence-corrected chi connectivity index (χ2v) is 6.98. The summed E-state index contributed by atoms with van der Waals surface area (Å²) in [6.45, 7) is 6.88. The van der Waals surface area contributed by atoms with Gasteiger partial charge in [0.25, 0.3) is 0 Å². The maximum absolute atomic E-state index is 12.4. The Kier molecular flexibility index (Phi) is 6.79. The van der Waals surface area contributed by atoms with Crippen LogP contribution < -0.4 is 10.1 Å². The summed E-state index contributed by atoms with van der Waals surface area (Å²) in [5, 5.41) is 11.1. The molecular formula is C23H26N4O2. The number of ether oxygens (including phenoxy) is 1. The van der Waals surface area contributed by atoms with Gasteiger partial charge in [0.05, 0.1) is 24.2 Å². The molecule has 6 heteroatoms. The van der Waals surface area contributed by atoms with Crippen LogP contribution in [0.25, 0.3) is 11.8 Å².